The molecule has 0 aromatic heterocycles. The molecule has 2 N–H and O–H groups in total. The van der Waals surface area contributed by atoms with Crippen molar-refractivity contribution in [3.8, 4) is 0 Å². The Labute approximate surface area is 102 Å². The number of hydrogen-bond donors (Lipinski definition) is 2. The van der Waals surface area contributed by atoms with Gasteiger partial charge in [-0.15, -0.1) is 0 Å². The average molecular weight is 232 g/mol. The van der Waals surface area contributed by atoms with Crippen molar-refractivity contribution in [2.24, 2.45) is 11.3 Å². The molecule has 92 valence electrons. The molecule has 0 aliphatic carbocycles. The molecule has 3 rings (SSSR count). The van der Waals surface area contributed by atoms with Crippen molar-refractivity contribution in [3.63, 3.8) is 0 Å². The summed E-state index contributed by atoms with van der Waals surface area (Å²) < 4.78 is 0. The van der Waals surface area contributed by atoms with Crippen LogP contribution in [0.1, 0.15) is 5.56 Å². The number of hydrogen-bond acceptors (Lipinski definition) is 3. The summed E-state index contributed by atoms with van der Waals surface area (Å²) in [5, 5.41) is 13.1. The highest BCUT2D eigenvalue weighted by Gasteiger charge is 2.48. The van der Waals surface area contributed by atoms with Gasteiger partial charge in [-0.3, -0.25) is 4.90 Å². The van der Waals surface area contributed by atoms with E-state index in [1.54, 1.807) is 0 Å². The lowest BCUT2D eigenvalue weighted by Crippen LogP contribution is -2.35. The Balaban J connectivity index is 1.68. The zero-order valence-electron chi connectivity index (χ0n) is 10.1. The largest absolute Gasteiger partial charge is 0.396 e. The highest BCUT2D eigenvalue weighted by atomic mass is 16.3. The molecule has 3 nitrogen and oxygen atoms in total. The SMILES string of the molecule is OCC12CNCC1CN(Cc1ccccc1)C2. The van der Waals surface area contributed by atoms with E-state index in [0.29, 0.717) is 12.5 Å². The van der Waals surface area contributed by atoms with Crippen LogP contribution in [0.2, 0.25) is 0 Å². The molecular weight excluding hydrogens is 212 g/mol. The summed E-state index contributed by atoms with van der Waals surface area (Å²) in [5.41, 5.74) is 1.49. The van der Waals surface area contributed by atoms with Gasteiger partial charge in [0.15, 0.2) is 0 Å². The lowest BCUT2D eigenvalue weighted by molar-refractivity contribution is 0.124. The van der Waals surface area contributed by atoms with E-state index in [2.05, 4.69) is 40.5 Å². The highest BCUT2D eigenvalue weighted by molar-refractivity contribution is 5.15. The minimum Gasteiger partial charge on any atom is -0.396 e. The average Bonchev–Trinajstić information content (AvgIpc) is 2.87. The lowest BCUT2D eigenvalue weighted by atomic mass is 9.82. The van der Waals surface area contributed by atoms with Crippen molar-refractivity contribution < 1.29 is 5.11 Å². The van der Waals surface area contributed by atoms with Gasteiger partial charge in [0.1, 0.15) is 0 Å². The molecule has 0 bridgehead atoms. The molecule has 17 heavy (non-hydrogen) atoms. The normalized spacial score (nSPS) is 32.9. The van der Waals surface area contributed by atoms with Gasteiger partial charge < -0.3 is 10.4 Å². The number of fused-ring (bicyclic) bond motifs is 1. The smallest absolute Gasteiger partial charge is 0.0515 e. The molecule has 2 fully saturated rings. The van der Waals surface area contributed by atoms with Crippen molar-refractivity contribution >= 4 is 0 Å². The minimum atomic E-state index is 0.120. The van der Waals surface area contributed by atoms with E-state index in [1.165, 1.54) is 5.56 Å². The fourth-order valence-corrected chi connectivity index (χ4v) is 3.32. The second-order valence-corrected chi connectivity index (χ2v) is 5.50. The Hall–Kier alpha value is -0.900. The van der Waals surface area contributed by atoms with Crippen LogP contribution < -0.4 is 5.32 Å². The van der Waals surface area contributed by atoms with Crippen LogP contribution in [0.25, 0.3) is 0 Å². The summed E-state index contributed by atoms with van der Waals surface area (Å²) in [5.74, 6) is 0.621. The number of benzene rings is 1. The second kappa shape index (κ2) is 4.41. The van der Waals surface area contributed by atoms with E-state index >= 15 is 0 Å². The van der Waals surface area contributed by atoms with Gasteiger partial charge >= 0.3 is 0 Å². The molecule has 0 saturated carbocycles. The Morgan fingerprint density at radius 3 is 2.88 bits per heavy atom. The zero-order valence-corrected chi connectivity index (χ0v) is 10.1. The molecule has 2 heterocycles. The third-order valence-electron chi connectivity index (χ3n) is 4.31. The quantitative estimate of drug-likeness (QED) is 0.805. The maximum Gasteiger partial charge on any atom is 0.0515 e. The standard InChI is InChI=1S/C14H20N2O/c17-11-14-9-15-6-13(14)8-16(10-14)7-12-4-2-1-3-5-12/h1-5,13,15,17H,6-11H2. The van der Waals surface area contributed by atoms with Gasteiger partial charge in [-0.05, 0) is 18.0 Å². The maximum atomic E-state index is 9.64. The van der Waals surface area contributed by atoms with Crippen molar-refractivity contribution in [2.75, 3.05) is 32.8 Å². The number of aliphatic hydroxyl groups excluding tert-OH is 1. The number of aliphatic hydroxyl groups is 1. The van der Waals surface area contributed by atoms with Crippen molar-refractivity contribution in [3.05, 3.63) is 35.9 Å². The molecule has 2 atom stereocenters. The molecule has 2 aliphatic rings. The molecular formula is C14H20N2O. The van der Waals surface area contributed by atoms with E-state index < -0.39 is 0 Å². The van der Waals surface area contributed by atoms with Gasteiger partial charge in [0.25, 0.3) is 0 Å². The van der Waals surface area contributed by atoms with Crippen LogP contribution in [-0.2, 0) is 6.54 Å². The van der Waals surface area contributed by atoms with Gasteiger partial charge in [-0.25, -0.2) is 0 Å². The zero-order chi connectivity index (χ0) is 11.7. The first-order valence-electron chi connectivity index (χ1n) is 6.40. The Morgan fingerprint density at radius 1 is 1.35 bits per heavy atom. The lowest BCUT2D eigenvalue weighted by Gasteiger charge is -2.25. The van der Waals surface area contributed by atoms with Crippen molar-refractivity contribution in [1.29, 1.82) is 0 Å². The first kappa shape index (κ1) is 11.2. The van der Waals surface area contributed by atoms with Crippen LogP contribution in [0.5, 0.6) is 0 Å². The van der Waals surface area contributed by atoms with Crippen LogP contribution in [0, 0.1) is 11.3 Å². The van der Waals surface area contributed by atoms with Crippen LogP contribution in [0.3, 0.4) is 0 Å². The van der Waals surface area contributed by atoms with Crippen LogP contribution >= 0.6 is 0 Å². The van der Waals surface area contributed by atoms with E-state index in [1.807, 2.05) is 0 Å². The van der Waals surface area contributed by atoms with Gasteiger partial charge in [0.05, 0.1) is 6.61 Å². The molecule has 2 saturated heterocycles. The van der Waals surface area contributed by atoms with E-state index in [9.17, 15) is 5.11 Å². The maximum absolute atomic E-state index is 9.64. The molecule has 1 aromatic carbocycles. The number of nitrogens with zero attached hydrogens (tertiary/aromatic N) is 1. The Morgan fingerprint density at radius 2 is 2.18 bits per heavy atom. The molecule has 2 unspecified atom stereocenters. The highest BCUT2D eigenvalue weighted by Crippen LogP contribution is 2.38. The summed E-state index contributed by atoms with van der Waals surface area (Å²) in [4.78, 5) is 2.48. The summed E-state index contributed by atoms with van der Waals surface area (Å²) in [6.45, 7) is 5.50. The summed E-state index contributed by atoms with van der Waals surface area (Å²) >= 11 is 0. The van der Waals surface area contributed by atoms with E-state index in [4.69, 9.17) is 0 Å². The molecule has 3 heteroatoms. The van der Waals surface area contributed by atoms with Gasteiger partial charge in [-0.1, -0.05) is 30.3 Å². The van der Waals surface area contributed by atoms with Crippen molar-refractivity contribution in [2.45, 2.75) is 6.54 Å². The van der Waals surface area contributed by atoms with E-state index in [-0.39, 0.29) is 5.41 Å². The number of likely N-dealkylation sites (tertiary alicyclic amines) is 1. The molecule has 0 radical (unpaired) electrons. The molecule has 1 aromatic rings. The van der Waals surface area contributed by atoms with Crippen LogP contribution in [0.4, 0.5) is 0 Å². The third-order valence-corrected chi connectivity index (χ3v) is 4.31. The molecule has 2 aliphatic heterocycles. The summed E-state index contributed by atoms with van der Waals surface area (Å²) in [6, 6.07) is 10.6. The Bertz CT molecular complexity index is 381. The predicted molar refractivity (Wildman–Crippen MR) is 67.6 cm³/mol. The number of nitrogens with one attached hydrogen (secondary N) is 1. The van der Waals surface area contributed by atoms with Gasteiger partial charge in [-0.2, -0.15) is 0 Å². The number of rotatable bonds is 3. The summed E-state index contributed by atoms with van der Waals surface area (Å²) in [6.07, 6.45) is 0. The third kappa shape index (κ3) is 1.99. The monoisotopic (exact) mass is 232 g/mol. The van der Waals surface area contributed by atoms with Crippen LogP contribution in [-0.4, -0.2) is 42.8 Å². The molecule has 0 amide bonds. The second-order valence-electron chi connectivity index (χ2n) is 5.50. The van der Waals surface area contributed by atoms with Crippen LogP contribution in [0.15, 0.2) is 30.3 Å². The predicted octanol–water partition coefficient (Wildman–Crippen LogP) is 0.700. The fraction of sp³-hybridized carbons (Fsp3) is 0.571. The van der Waals surface area contributed by atoms with E-state index in [0.717, 1.165) is 32.7 Å². The molecule has 0 spiro atoms. The van der Waals surface area contributed by atoms with Gasteiger partial charge in [0.2, 0.25) is 0 Å². The minimum absolute atomic E-state index is 0.120. The van der Waals surface area contributed by atoms with Gasteiger partial charge in [0, 0.05) is 31.6 Å². The Kier molecular flexibility index (Phi) is 2.90. The first-order chi connectivity index (χ1) is 8.32. The topological polar surface area (TPSA) is 35.5 Å². The van der Waals surface area contributed by atoms with Crippen molar-refractivity contribution in [1.82, 2.24) is 10.2 Å². The fourth-order valence-electron chi connectivity index (χ4n) is 3.32. The summed E-state index contributed by atoms with van der Waals surface area (Å²) in [7, 11) is 0. The first-order valence-corrected chi connectivity index (χ1v) is 6.40.